The Bertz CT molecular complexity index is 1020. The number of fused-ring (bicyclic) bond motifs is 1. The highest BCUT2D eigenvalue weighted by molar-refractivity contribution is 6.12. The van der Waals surface area contributed by atoms with Crippen LogP contribution in [0.5, 0.6) is 0 Å². The number of aromatic nitrogens is 1. The summed E-state index contributed by atoms with van der Waals surface area (Å²) in [4.78, 5) is 40.2. The van der Waals surface area contributed by atoms with E-state index in [1.807, 2.05) is 0 Å². The molecule has 0 aliphatic rings. The van der Waals surface area contributed by atoms with Crippen molar-refractivity contribution < 1.29 is 33.7 Å². The van der Waals surface area contributed by atoms with Crippen LogP contribution in [0.4, 0.5) is 20.2 Å². The van der Waals surface area contributed by atoms with Crippen molar-refractivity contribution in [3.8, 4) is 0 Å². The summed E-state index contributed by atoms with van der Waals surface area (Å²) in [7, 11) is 0. The standard InChI is InChI=1S/C24H34N2O7/c1-22(2,3)31-19(28)25-17-11-10-15(14-27)12-16(17)13-18(25)26(20(29)32-23(4,5)6)21(30)33-24(7,8)9/h10-13,27H,14H2,1-9H3. The van der Waals surface area contributed by atoms with Crippen LogP contribution in [-0.4, -0.2) is 44.8 Å². The minimum Gasteiger partial charge on any atom is -0.443 e. The van der Waals surface area contributed by atoms with Crippen LogP contribution >= 0.6 is 0 Å². The van der Waals surface area contributed by atoms with Crippen molar-refractivity contribution in [1.29, 1.82) is 0 Å². The molecule has 1 aromatic heterocycles. The molecular formula is C24H34N2O7. The van der Waals surface area contributed by atoms with Gasteiger partial charge in [0, 0.05) is 5.39 Å². The fourth-order valence-electron chi connectivity index (χ4n) is 2.89. The molecule has 9 heteroatoms. The van der Waals surface area contributed by atoms with Crippen molar-refractivity contribution in [1.82, 2.24) is 4.57 Å². The average Bonchev–Trinajstić information content (AvgIpc) is 2.94. The summed E-state index contributed by atoms with van der Waals surface area (Å²) in [5.41, 5.74) is -1.68. The Morgan fingerprint density at radius 1 is 0.818 bits per heavy atom. The Hall–Kier alpha value is -3.07. The average molecular weight is 463 g/mol. The molecule has 0 spiro atoms. The molecule has 0 bridgehead atoms. The minimum atomic E-state index is -1.01. The van der Waals surface area contributed by atoms with Gasteiger partial charge >= 0.3 is 18.3 Å². The van der Waals surface area contributed by atoms with Crippen molar-refractivity contribution in [2.45, 2.75) is 85.7 Å². The van der Waals surface area contributed by atoms with Gasteiger partial charge in [-0.25, -0.2) is 19.0 Å². The predicted octanol–water partition coefficient (Wildman–Crippen LogP) is 5.59. The fraction of sp³-hybridized carbons (Fsp3) is 0.542. The first-order chi connectivity index (χ1) is 14.9. The van der Waals surface area contributed by atoms with Crippen LogP contribution in [0, 0.1) is 0 Å². The molecule has 0 aliphatic carbocycles. The molecular weight excluding hydrogens is 428 g/mol. The number of imide groups is 1. The number of aliphatic hydroxyl groups excluding tert-OH is 1. The Labute approximate surface area is 194 Å². The Morgan fingerprint density at radius 3 is 1.73 bits per heavy atom. The maximum atomic E-state index is 13.2. The highest BCUT2D eigenvalue weighted by atomic mass is 16.6. The number of nitrogens with zero attached hydrogens (tertiary/aromatic N) is 2. The molecule has 0 unspecified atom stereocenters. The van der Waals surface area contributed by atoms with Gasteiger partial charge in [-0.05, 0) is 86.1 Å². The molecule has 0 saturated carbocycles. The smallest absolute Gasteiger partial charge is 0.425 e. The second-order valence-corrected chi connectivity index (χ2v) is 10.7. The Balaban J connectivity index is 2.77. The number of anilines is 1. The van der Waals surface area contributed by atoms with Gasteiger partial charge in [-0.15, -0.1) is 0 Å². The molecule has 1 heterocycles. The lowest BCUT2D eigenvalue weighted by Gasteiger charge is -2.29. The molecule has 2 amide bonds. The summed E-state index contributed by atoms with van der Waals surface area (Å²) >= 11 is 0. The lowest BCUT2D eigenvalue weighted by molar-refractivity contribution is 0.0426. The molecule has 182 valence electrons. The van der Waals surface area contributed by atoms with E-state index in [1.54, 1.807) is 80.5 Å². The number of amides is 2. The van der Waals surface area contributed by atoms with Gasteiger partial charge in [0.05, 0.1) is 12.1 Å². The van der Waals surface area contributed by atoms with Crippen LogP contribution in [0.2, 0.25) is 0 Å². The zero-order valence-electron chi connectivity index (χ0n) is 20.8. The first-order valence-corrected chi connectivity index (χ1v) is 10.7. The second-order valence-electron chi connectivity index (χ2n) is 10.7. The van der Waals surface area contributed by atoms with Gasteiger partial charge in [-0.3, -0.25) is 0 Å². The Morgan fingerprint density at radius 2 is 1.30 bits per heavy atom. The molecule has 1 aromatic carbocycles. The maximum Gasteiger partial charge on any atom is 0.425 e. The lowest BCUT2D eigenvalue weighted by Crippen LogP contribution is -2.45. The molecule has 2 aromatic rings. The normalized spacial score (nSPS) is 12.4. The van der Waals surface area contributed by atoms with Gasteiger partial charge in [0.2, 0.25) is 0 Å². The first-order valence-electron chi connectivity index (χ1n) is 10.7. The molecule has 33 heavy (non-hydrogen) atoms. The second kappa shape index (κ2) is 9.05. The number of carbonyl (C=O) groups is 3. The number of rotatable bonds is 2. The zero-order valence-corrected chi connectivity index (χ0v) is 20.8. The molecule has 2 rings (SSSR count). The van der Waals surface area contributed by atoms with Crippen molar-refractivity contribution in [2.24, 2.45) is 0 Å². The molecule has 0 aliphatic heterocycles. The number of carbonyl (C=O) groups excluding carboxylic acids is 3. The van der Waals surface area contributed by atoms with Crippen LogP contribution in [0.1, 0.15) is 67.9 Å². The van der Waals surface area contributed by atoms with Crippen molar-refractivity contribution in [3.63, 3.8) is 0 Å². The van der Waals surface area contributed by atoms with Crippen LogP contribution in [0.15, 0.2) is 24.3 Å². The number of aliphatic hydroxyl groups is 1. The fourth-order valence-corrected chi connectivity index (χ4v) is 2.89. The largest absolute Gasteiger partial charge is 0.443 e. The summed E-state index contributed by atoms with van der Waals surface area (Å²) in [6.45, 7) is 14.9. The van der Waals surface area contributed by atoms with Gasteiger partial charge in [0.15, 0.2) is 0 Å². The third kappa shape index (κ3) is 6.95. The predicted molar refractivity (Wildman–Crippen MR) is 124 cm³/mol. The monoisotopic (exact) mass is 462 g/mol. The molecule has 0 atom stereocenters. The van der Waals surface area contributed by atoms with E-state index in [0.29, 0.717) is 21.4 Å². The number of hydrogen-bond acceptors (Lipinski definition) is 7. The van der Waals surface area contributed by atoms with Crippen LogP contribution in [0.3, 0.4) is 0 Å². The first kappa shape index (κ1) is 26.2. The molecule has 0 radical (unpaired) electrons. The highest BCUT2D eigenvalue weighted by Gasteiger charge is 2.37. The van der Waals surface area contributed by atoms with Gasteiger partial charge in [-0.1, -0.05) is 6.07 Å². The zero-order chi connectivity index (χ0) is 25.4. The van der Waals surface area contributed by atoms with Crippen LogP contribution in [0.25, 0.3) is 10.9 Å². The number of benzene rings is 1. The van der Waals surface area contributed by atoms with Crippen molar-refractivity contribution in [3.05, 3.63) is 29.8 Å². The van der Waals surface area contributed by atoms with E-state index in [1.165, 1.54) is 6.07 Å². The van der Waals surface area contributed by atoms with E-state index < -0.39 is 35.1 Å². The Kier molecular flexibility index (Phi) is 7.18. The van der Waals surface area contributed by atoms with Crippen LogP contribution < -0.4 is 4.90 Å². The lowest BCUT2D eigenvalue weighted by atomic mass is 10.2. The van der Waals surface area contributed by atoms with Crippen molar-refractivity contribution >= 4 is 35.0 Å². The molecule has 0 fully saturated rings. The van der Waals surface area contributed by atoms with Gasteiger partial charge in [-0.2, -0.15) is 4.90 Å². The molecule has 1 N–H and O–H groups in total. The van der Waals surface area contributed by atoms with E-state index in [0.717, 1.165) is 4.57 Å². The summed E-state index contributed by atoms with van der Waals surface area (Å²) in [5.74, 6) is -0.0992. The SMILES string of the molecule is CC(C)(C)OC(=O)N(C(=O)OC(C)(C)C)c1cc2cc(CO)ccc2n1C(=O)OC(C)(C)C. The van der Waals surface area contributed by atoms with E-state index in [-0.39, 0.29) is 12.4 Å². The van der Waals surface area contributed by atoms with E-state index >= 15 is 0 Å². The minimum absolute atomic E-state index is 0.0992. The topological polar surface area (TPSA) is 107 Å². The third-order valence-corrected chi connectivity index (χ3v) is 3.99. The van der Waals surface area contributed by atoms with Gasteiger partial charge in [0.1, 0.15) is 22.6 Å². The van der Waals surface area contributed by atoms with E-state index in [9.17, 15) is 19.5 Å². The highest BCUT2D eigenvalue weighted by Crippen LogP contribution is 2.31. The van der Waals surface area contributed by atoms with Crippen LogP contribution in [-0.2, 0) is 20.8 Å². The van der Waals surface area contributed by atoms with Gasteiger partial charge in [0.25, 0.3) is 0 Å². The van der Waals surface area contributed by atoms with E-state index in [2.05, 4.69) is 0 Å². The summed E-state index contributed by atoms with van der Waals surface area (Å²) in [5, 5.41) is 10.0. The number of ether oxygens (including phenoxy) is 3. The summed E-state index contributed by atoms with van der Waals surface area (Å²) in [6, 6.07) is 6.38. The molecule has 0 saturated heterocycles. The third-order valence-electron chi connectivity index (χ3n) is 3.99. The van der Waals surface area contributed by atoms with Gasteiger partial charge < -0.3 is 19.3 Å². The number of hydrogen-bond donors (Lipinski definition) is 1. The maximum absolute atomic E-state index is 13.2. The van der Waals surface area contributed by atoms with E-state index in [4.69, 9.17) is 14.2 Å². The summed E-state index contributed by atoms with van der Waals surface area (Å²) < 4.78 is 17.6. The quantitative estimate of drug-likeness (QED) is 0.579. The summed E-state index contributed by atoms with van der Waals surface area (Å²) in [6.07, 6.45) is -2.81. The molecule has 9 nitrogen and oxygen atoms in total. The van der Waals surface area contributed by atoms with Crippen molar-refractivity contribution in [2.75, 3.05) is 4.90 Å².